The SMILES string of the molecule is COc1ccc(CN2C=C(F)CN2)cc1. The minimum Gasteiger partial charge on any atom is -0.497 e. The molecule has 0 radical (unpaired) electrons. The largest absolute Gasteiger partial charge is 0.497 e. The van der Waals surface area contributed by atoms with Crippen LogP contribution >= 0.6 is 0 Å². The Hall–Kier alpha value is -1.55. The van der Waals surface area contributed by atoms with Gasteiger partial charge in [0.1, 0.15) is 11.6 Å². The van der Waals surface area contributed by atoms with Gasteiger partial charge in [0, 0.05) is 6.20 Å². The smallest absolute Gasteiger partial charge is 0.133 e. The lowest BCUT2D eigenvalue weighted by Crippen LogP contribution is -2.28. The van der Waals surface area contributed by atoms with E-state index in [2.05, 4.69) is 5.43 Å². The molecule has 0 fully saturated rings. The van der Waals surface area contributed by atoms with Crippen LogP contribution in [0.3, 0.4) is 0 Å². The maximum atomic E-state index is 12.7. The van der Waals surface area contributed by atoms with Gasteiger partial charge in [-0.25, -0.2) is 9.82 Å². The Morgan fingerprint density at radius 1 is 1.40 bits per heavy atom. The van der Waals surface area contributed by atoms with Crippen molar-refractivity contribution in [3.63, 3.8) is 0 Å². The van der Waals surface area contributed by atoms with Crippen molar-refractivity contribution in [3.8, 4) is 5.75 Å². The molecule has 1 N–H and O–H groups in total. The third kappa shape index (κ3) is 2.47. The third-order valence-corrected chi connectivity index (χ3v) is 2.26. The van der Waals surface area contributed by atoms with Gasteiger partial charge in [-0.05, 0) is 17.7 Å². The number of benzene rings is 1. The highest BCUT2D eigenvalue weighted by molar-refractivity contribution is 5.27. The summed E-state index contributed by atoms with van der Waals surface area (Å²) in [6.45, 7) is 0.938. The van der Waals surface area contributed by atoms with Crippen LogP contribution in [0.1, 0.15) is 5.56 Å². The summed E-state index contributed by atoms with van der Waals surface area (Å²) in [4.78, 5) is 0. The predicted octanol–water partition coefficient (Wildman–Crippen LogP) is 1.83. The summed E-state index contributed by atoms with van der Waals surface area (Å²) >= 11 is 0. The first-order chi connectivity index (χ1) is 7.28. The summed E-state index contributed by atoms with van der Waals surface area (Å²) in [5, 5.41) is 1.73. The summed E-state index contributed by atoms with van der Waals surface area (Å²) in [6.07, 6.45) is 1.48. The molecule has 0 amide bonds. The van der Waals surface area contributed by atoms with Gasteiger partial charge in [0.15, 0.2) is 0 Å². The fourth-order valence-electron chi connectivity index (χ4n) is 1.47. The first-order valence-electron chi connectivity index (χ1n) is 4.77. The van der Waals surface area contributed by atoms with Gasteiger partial charge in [0.05, 0.1) is 20.2 Å². The monoisotopic (exact) mass is 208 g/mol. The molecule has 1 heterocycles. The van der Waals surface area contributed by atoms with Crippen LogP contribution in [0, 0.1) is 0 Å². The van der Waals surface area contributed by atoms with E-state index < -0.39 is 0 Å². The summed E-state index contributed by atoms with van der Waals surface area (Å²) in [5.74, 6) is 0.693. The highest BCUT2D eigenvalue weighted by atomic mass is 19.1. The molecule has 1 aromatic carbocycles. The molecule has 0 saturated carbocycles. The van der Waals surface area contributed by atoms with Gasteiger partial charge in [-0.2, -0.15) is 0 Å². The molecule has 0 saturated heterocycles. The third-order valence-electron chi connectivity index (χ3n) is 2.26. The van der Waals surface area contributed by atoms with E-state index in [4.69, 9.17) is 4.74 Å². The van der Waals surface area contributed by atoms with E-state index in [1.165, 1.54) is 6.20 Å². The fourth-order valence-corrected chi connectivity index (χ4v) is 1.47. The molecule has 1 aromatic rings. The fraction of sp³-hybridized carbons (Fsp3) is 0.273. The Kier molecular flexibility index (Phi) is 2.87. The van der Waals surface area contributed by atoms with Crippen LogP contribution in [-0.2, 0) is 6.54 Å². The average Bonchev–Trinajstić information content (AvgIpc) is 2.65. The maximum absolute atomic E-state index is 12.7. The number of halogens is 1. The summed E-state index contributed by atoms with van der Waals surface area (Å²) < 4.78 is 17.8. The number of hydrogen-bond acceptors (Lipinski definition) is 3. The van der Waals surface area contributed by atoms with Gasteiger partial charge in [-0.1, -0.05) is 12.1 Å². The van der Waals surface area contributed by atoms with Gasteiger partial charge >= 0.3 is 0 Å². The molecular weight excluding hydrogens is 195 g/mol. The number of nitrogens with zero attached hydrogens (tertiary/aromatic N) is 1. The minimum atomic E-state index is -0.136. The summed E-state index contributed by atoms with van der Waals surface area (Å²) in [7, 11) is 1.63. The molecule has 80 valence electrons. The minimum absolute atomic E-state index is 0.136. The molecule has 0 aliphatic carbocycles. The molecule has 2 rings (SSSR count). The summed E-state index contributed by atoms with van der Waals surface area (Å²) in [6, 6.07) is 7.71. The zero-order chi connectivity index (χ0) is 10.7. The van der Waals surface area contributed by atoms with Crippen molar-refractivity contribution in [2.75, 3.05) is 13.7 Å². The van der Waals surface area contributed by atoms with E-state index >= 15 is 0 Å². The van der Waals surface area contributed by atoms with Crippen molar-refractivity contribution in [1.29, 1.82) is 0 Å². The standard InChI is InChI=1S/C11H13FN2O/c1-15-11-4-2-9(3-5-11)7-14-8-10(12)6-13-14/h2-5,8,13H,6-7H2,1H3. The molecule has 15 heavy (non-hydrogen) atoms. The highest BCUT2D eigenvalue weighted by Crippen LogP contribution is 2.14. The van der Waals surface area contributed by atoms with Crippen molar-refractivity contribution in [3.05, 3.63) is 41.9 Å². The quantitative estimate of drug-likeness (QED) is 0.820. The molecule has 0 spiro atoms. The van der Waals surface area contributed by atoms with Crippen LogP contribution in [0.5, 0.6) is 5.75 Å². The zero-order valence-corrected chi connectivity index (χ0v) is 8.53. The van der Waals surface area contributed by atoms with Gasteiger partial charge in [0.2, 0.25) is 0 Å². The molecule has 3 nitrogen and oxygen atoms in total. The lowest BCUT2D eigenvalue weighted by atomic mass is 10.2. The number of hydrogen-bond donors (Lipinski definition) is 1. The lowest BCUT2D eigenvalue weighted by molar-refractivity contribution is 0.298. The molecule has 1 aliphatic heterocycles. The first kappa shape index (κ1) is 9.98. The Bertz CT molecular complexity index is 361. The van der Waals surface area contributed by atoms with E-state index in [-0.39, 0.29) is 12.4 Å². The maximum Gasteiger partial charge on any atom is 0.133 e. The van der Waals surface area contributed by atoms with Crippen molar-refractivity contribution < 1.29 is 9.13 Å². The van der Waals surface area contributed by atoms with Crippen LogP contribution in [0.4, 0.5) is 4.39 Å². The number of methoxy groups -OCH3 is 1. The van der Waals surface area contributed by atoms with Crippen LogP contribution in [0.15, 0.2) is 36.3 Å². The van der Waals surface area contributed by atoms with Crippen molar-refractivity contribution >= 4 is 0 Å². The number of ether oxygens (including phenoxy) is 1. The number of rotatable bonds is 3. The van der Waals surface area contributed by atoms with Crippen molar-refractivity contribution in [1.82, 2.24) is 10.4 Å². The van der Waals surface area contributed by atoms with Crippen molar-refractivity contribution in [2.24, 2.45) is 0 Å². The van der Waals surface area contributed by atoms with Gasteiger partial charge in [-0.15, -0.1) is 0 Å². The lowest BCUT2D eigenvalue weighted by Gasteiger charge is -2.15. The second-order valence-electron chi connectivity index (χ2n) is 3.39. The first-order valence-corrected chi connectivity index (χ1v) is 4.77. The Morgan fingerprint density at radius 3 is 2.67 bits per heavy atom. The Balaban J connectivity index is 1.99. The summed E-state index contributed by atoms with van der Waals surface area (Å²) in [5.41, 5.74) is 4.02. The van der Waals surface area contributed by atoms with E-state index in [0.29, 0.717) is 6.54 Å². The normalized spacial score (nSPS) is 15.3. The van der Waals surface area contributed by atoms with Gasteiger partial charge in [-0.3, -0.25) is 0 Å². The molecule has 4 heteroatoms. The molecule has 1 aliphatic rings. The van der Waals surface area contributed by atoms with Gasteiger partial charge < -0.3 is 9.75 Å². The van der Waals surface area contributed by atoms with Crippen LogP contribution < -0.4 is 10.2 Å². The molecule has 0 aromatic heterocycles. The van der Waals surface area contributed by atoms with Crippen LogP contribution in [0.2, 0.25) is 0 Å². The molecule has 0 bridgehead atoms. The zero-order valence-electron chi connectivity index (χ0n) is 8.53. The highest BCUT2D eigenvalue weighted by Gasteiger charge is 2.10. The number of nitrogens with one attached hydrogen (secondary N) is 1. The predicted molar refractivity (Wildman–Crippen MR) is 55.7 cm³/mol. The Labute approximate surface area is 88.1 Å². The molecule has 0 atom stereocenters. The number of hydrazine groups is 1. The van der Waals surface area contributed by atoms with Gasteiger partial charge in [0.25, 0.3) is 0 Å². The van der Waals surface area contributed by atoms with Crippen LogP contribution in [0.25, 0.3) is 0 Å². The van der Waals surface area contributed by atoms with E-state index in [1.54, 1.807) is 12.1 Å². The molecular formula is C11H13FN2O. The molecule has 0 unspecified atom stereocenters. The van der Waals surface area contributed by atoms with E-state index in [1.807, 2.05) is 24.3 Å². The van der Waals surface area contributed by atoms with E-state index in [9.17, 15) is 4.39 Å². The second kappa shape index (κ2) is 4.31. The average molecular weight is 208 g/mol. The Morgan fingerprint density at radius 2 is 2.13 bits per heavy atom. The second-order valence-corrected chi connectivity index (χ2v) is 3.39. The van der Waals surface area contributed by atoms with E-state index in [0.717, 1.165) is 11.3 Å². The topological polar surface area (TPSA) is 24.5 Å². The van der Waals surface area contributed by atoms with Crippen molar-refractivity contribution in [2.45, 2.75) is 6.54 Å². The van der Waals surface area contributed by atoms with Crippen LogP contribution in [-0.4, -0.2) is 18.7 Å².